The van der Waals surface area contributed by atoms with E-state index in [-0.39, 0.29) is 17.5 Å². The van der Waals surface area contributed by atoms with Gasteiger partial charge < -0.3 is 5.32 Å². The van der Waals surface area contributed by atoms with Gasteiger partial charge in [0.2, 0.25) is 0 Å². The Morgan fingerprint density at radius 2 is 1.71 bits per heavy atom. The Bertz CT molecular complexity index is 339. The van der Waals surface area contributed by atoms with Crippen molar-refractivity contribution in [2.75, 3.05) is 19.0 Å². The van der Waals surface area contributed by atoms with E-state index in [0.717, 1.165) is 0 Å². The Morgan fingerprint density at radius 1 is 1.12 bits per heavy atom. The average molecular weight is 262 g/mol. The van der Waals surface area contributed by atoms with E-state index >= 15 is 0 Å². The van der Waals surface area contributed by atoms with Gasteiger partial charge in [-0.3, -0.25) is 0 Å². The van der Waals surface area contributed by atoms with Gasteiger partial charge in [-0.15, -0.1) is 11.6 Å². The van der Waals surface area contributed by atoms with Crippen molar-refractivity contribution in [3.8, 4) is 0 Å². The van der Waals surface area contributed by atoms with Gasteiger partial charge in [0.05, 0.1) is 6.54 Å². The van der Waals surface area contributed by atoms with Crippen LogP contribution < -0.4 is 5.32 Å². The second kappa shape index (κ2) is 5.78. The number of benzene rings is 1. The van der Waals surface area contributed by atoms with Crippen molar-refractivity contribution in [1.82, 2.24) is 5.32 Å². The molecule has 0 unspecified atom stereocenters. The van der Waals surface area contributed by atoms with Crippen molar-refractivity contribution in [2.45, 2.75) is 19.8 Å². The first-order valence-electron chi connectivity index (χ1n) is 5.57. The summed E-state index contributed by atoms with van der Waals surface area (Å²) >= 11 is 5.73. The lowest BCUT2D eigenvalue weighted by Gasteiger charge is -2.24. The van der Waals surface area contributed by atoms with Crippen LogP contribution in [-0.4, -0.2) is 19.0 Å². The summed E-state index contributed by atoms with van der Waals surface area (Å²) in [6, 6.07) is 7.84. The fourth-order valence-electron chi connectivity index (χ4n) is 1.39. The highest BCUT2D eigenvalue weighted by Gasteiger charge is 2.31. The molecule has 0 fully saturated rings. The van der Waals surface area contributed by atoms with Gasteiger partial charge in [0.15, 0.2) is 0 Å². The summed E-state index contributed by atoms with van der Waals surface area (Å²) in [6.45, 7) is 3.98. The second-order valence-electron chi connectivity index (χ2n) is 4.97. The van der Waals surface area contributed by atoms with E-state index in [1.165, 1.54) is 12.1 Å². The molecule has 0 aliphatic carbocycles. The molecule has 0 aliphatic rings. The lowest BCUT2D eigenvalue weighted by atomic mass is 9.96. The van der Waals surface area contributed by atoms with Crippen LogP contribution in [0.5, 0.6) is 0 Å². The number of halogens is 3. The zero-order valence-corrected chi connectivity index (χ0v) is 10.9. The molecule has 0 bridgehead atoms. The molecular weight excluding hydrogens is 244 g/mol. The lowest BCUT2D eigenvalue weighted by molar-refractivity contribution is -0.00458. The first-order valence-corrected chi connectivity index (χ1v) is 6.11. The number of alkyl halides is 3. The van der Waals surface area contributed by atoms with Crippen LogP contribution in [0, 0.1) is 5.41 Å². The van der Waals surface area contributed by atoms with Crippen LogP contribution in [0.4, 0.5) is 8.78 Å². The molecule has 0 heterocycles. The van der Waals surface area contributed by atoms with Crippen molar-refractivity contribution >= 4 is 11.6 Å². The molecular formula is C13H18ClF2N. The smallest absolute Gasteiger partial charge is 0.285 e. The zero-order valence-electron chi connectivity index (χ0n) is 10.1. The van der Waals surface area contributed by atoms with Gasteiger partial charge in [0, 0.05) is 18.0 Å². The molecule has 0 saturated carbocycles. The molecule has 96 valence electrons. The highest BCUT2D eigenvalue weighted by atomic mass is 35.5. The fraction of sp³-hybridized carbons (Fsp3) is 0.538. The normalized spacial score (nSPS) is 12.8. The minimum atomic E-state index is -2.84. The molecule has 4 heteroatoms. The molecule has 0 radical (unpaired) electrons. The van der Waals surface area contributed by atoms with E-state index in [1.807, 2.05) is 13.8 Å². The largest absolute Gasteiger partial charge is 0.310 e. The predicted octanol–water partition coefficient (Wildman–Crippen LogP) is 3.63. The predicted molar refractivity (Wildman–Crippen MR) is 67.7 cm³/mol. The zero-order chi connectivity index (χ0) is 12.9. The maximum Gasteiger partial charge on any atom is 0.285 e. The molecule has 0 atom stereocenters. The van der Waals surface area contributed by atoms with Crippen molar-refractivity contribution in [3.63, 3.8) is 0 Å². The molecule has 1 N–H and O–H groups in total. The van der Waals surface area contributed by atoms with Gasteiger partial charge in [-0.2, -0.15) is 8.78 Å². The van der Waals surface area contributed by atoms with Crippen molar-refractivity contribution in [1.29, 1.82) is 0 Å². The minimum Gasteiger partial charge on any atom is -0.310 e. The maximum absolute atomic E-state index is 13.7. The van der Waals surface area contributed by atoms with E-state index in [9.17, 15) is 8.78 Å². The summed E-state index contributed by atoms with van der Waals surface area (Å²) < 4.78 is 27.5. The van der Waals surface area contributed by atoms with Gasteiger partial charge in [0.25, 0.3) is 5.92 Å². The molecule has 1 rings (SSSR count). The number of nitrogens with one attached hydrogen (secondary N) is 1. The second-order valence-corrected chi connectivity index (χ2v) is 5.24. The maximum atomic E-state index is 13.7. The summed E-state index contributed by atoms with van der Waals surface area (Å²) in [7, 11) is 0. The molecule has 0 spiro atoms. The van der Waals surface area contributed by atoms with Crippen molar-refractivity contribution in [2.24, 2.45) is 5.41 Å². The van der Waals surface area contributed by atoms with Crippen LogP contribution in [0.3, 0.4) is 0 Å². The summed E-state index contributed by atoms with van der Waals surface area (Å²) in [4.78, 5) is 0. The number of hydrogen-bond donors (Lipinski definition) is 1. The van der Waals surface area contributed by atoms with E-state index in [1.54, 1.807) is 18.2 Å². The SMILES string of the molecule is CC(C)(CCl)CNCC(F)(F)c1ccccc1. The molecule has 0 aliphatic heterocycles. The lowest BCUT2D eigenvalue weighted by Crippen LogP contribution is -2.37. The summed E-state index contributed by atoms with van der Waals surface area (Å²) in [6.07, 6.45) is 0. The quantitative estimate of drug-likeness (QED) is 0.771. The highest BCUT2D eigenvalue weighted by Crippen LogP contribution is 2.27. The molecule has 1 aromatic carbocycles. The Hall–Kier alpha value is -0.670. The Balaban J connectivity index is 2.51. The van der Waals surface area contributed by atoms with Crippen molar-refractivity contribution in [3.05, 3.63) is 35.9 Å². The number of hydrogen-bond acceptors (Lipinski definition) is 1. The molecule has 0 saturated heterocycles. The summed E-state index contributed by atoms with van der Waals surface area (Å²) in [5.74, 6) is -2.40. The third-order valence-electron chi connectivity index (χ3n) is 2.51. The van der Waals surface area contributed by atoms with E-state index < -0.39 is 5.92 Å². The fourth-order valence-corrected chi connectivity index (χ4v) is 1.48. The summed E-state index contributed by atoms with van der Waals surface area (Å²) in [5, 5.41) is 2.78. The average Bonchev–Trinajstić information content (AvgIpc) is 2.30. The molecule has 1 nitrogen and oxygen atoms in total. The number of rotatable bonds is 6. The van der Waals surface area contributed by atoms with Crippen LogP contribution in [0.15, 0.2) is 30.3 Å². The molecule has 17 heavy (non-hydrogen) atoms. The van der Waals surface area contributed by atoms with E-state index in [0.29, 0.717) is 12.4 Å². The van der Waals surface area contributed by atoms with Crippen LogP contribution >= 0.6 is 11.6 Å². The molecule has 0 aromatic heterocycles. The Kier molecular flexibility index (Phi) is 4.90. The van der Waals surface area contributed by atoms with Crippen LogP contribution in [-0.2, 0) is 5.92 Å². The monoisotopic (exact) mass is 261 g/mol. The first kappa shape index (κ1) is 14.4. The van der Waals surface area contributed by atoms with Crippen LogP contribution in [0.1, 0.15) is 19.4 Å². The van der Waals surface area contributed by atoms with Crippen LogP contribution in [0.25, 0.3) is 0 Å². The highest BCUT2D eigenvalue weighted by molar-refractivity contribution is 6.18. The minimum absolute atomic E-state index is 0.0381. The van der Waals surface area contributed by atoms with Gasteiger partial charge in [-0.1, -0.05) is 44.2 Å². The molecule has 1 aromatic rings. The summed E-state index contributed by atoms with van der Waals surface area (Å²) in [5.41, 5.74) is -0.134. The first-order chi connectivity index (χ1) is 7.87. The standard InChI is InChI=1S/C13H18ClF2N/c1-12(2,8-14)9-17-10-13(15,16)11-6-4-3-5-7-11/h3-7,17H,8-10H2,1-2H3. The van der Waals surface area contributed by atoms with Gasteiger partial charge in [-0.25, -0.2) is 0 Å². The third-order valence-corrected chi connectivity index (χ3v) is 3.23. The van der Waals surface area contributed by atoms with E-state index in [4.69, 9.17) is 11.6 Å². The molecule has 0 amide bonds. The van der Waals surface area contributed by atoms with Gasteiger partial charge in [0.1, 0.15) is 0 Å². The van der Waals surface area contributed by atoms with Crippen LogP contribution in [0.2, 0.25) is 0 Å². The van der Waals surface area contributed by atoms with Gasteiger partial charge >= 0.3 is 0 Å². The van der Waals surface area contributed by atoms with Crippen molar-refractivity contribution < 1.29 is 8.78 Å². The van der Waals surface area contributed by atoms with E-state index in [2.05, 4.69) is 5.32 Å². The van der Waals surface area contributed by atoms with Gasteiger partial charge in [-0.05, 0) is 5.41 Å². The Morgan fingerprint density at radius 3 is 2.24 bits per heavy atom. The Labute approximate surface area is 106 Å². The topological polar surface area (TPSA) is 12.0 Å². The third kappa shape index (κ3) is 4.60.